The summed E-state index contributed by atoms with van der Waals surface area (Å²) < 4.78 is 40.3. The minimum atomic E-state index is -3.04. The third kappa shape index (κ3) is 2.89. The first-order valence-corrected chi connectivity index (χ1v) is 9.75. The molecule has 6 nitrogen and oxygen atoms in total. The van der Waals surface area contributed by atoms with Crippen molar-refractivity contribution in [3.05, 3.63) is 23.8 Å². The highest BCUT2D eigenvalue weighted by Gasteiger charge is 2.61. The predicted molar refractivity (Wildman–Crippen MR) is 91.3 cm³/mol. The highest BCUT2D eigenvalue weighted by atomic mass is 32.2. The molecule has 0 bridgehead atoms. The summed E-state index contributed by atoms with van der Waals surface area (Å²) in [6.07, 6.45) is 0.705. The first-order chi connectivity index (χ1) is 11.4. The molecule has 0 aliphatic carbocycles. The third-order valence-electron chi connectivity index (χ3n) is 5.27. The lowest BCUT2D eigenvalue weighted by Gasteiger charge is -2.50. The van der Waals surface area contributed by atoms with E-state index in [1.54, 1.807) is 21.3 Å². The van der Waals surface area contributed by atoms with Crippen LogP contribution in [0, 0.1) is 5.92 Å². The molecule has 24 heavy (non-hydrogen) atoms. The van der Waals surface area contributed by atoms with E-state index in [1.807, 2.05) is 18.2 Å². The minimum Gasteiger partial charge on any atom is -0.497 e. The van der Waals surface area contributed by atoms with E-state index in [1.165, 1.54) is 0 Å². The van der Waals surface area contributed by atoms with Gasteiger partial charge in [0.2, 0.25) is 0 Å². The van der Waals surface area contributed by atoms with Crippen molar-refractivity contribution in [1.29, 1.82) is 0 Å². The van der Waals surface area contributed by atoms with Crippen molar-refractivity contribution in [3.63, 3.8) is 0 Å². The minimum absolute atomic E-state index is 0.101. The Balaban J connectivity index is 1.72. The second-order valence-corrected chi connectivity index (χ2v) is 9.14. The van der Waals surface area contributed by atoms with Gasteiger partial charge in [0.15, 0.2) is 9.84 Å². The maximum absolute atomic E-state index is 12.5. The van der Waals surface area contributed by atoms with Gasteiger partial charge in [0.1, 0.15) is 16.2 Å². The molecule has 3 rings (SSSR count). The number of hydrogen-bond acceptors (Lipinski definition) is 6. The molecule has 134 valence electrons. The SMILES string of the molecule is COC[C@H]1CCS(=O)(=O)C12CN(Cc1cc(OC)cc(OC)c1)C2. The average molecular weight is 355 g/mol. The zero-order chi connectivity index (χ0) is 17.4. The van der Waals surface area contributed by atoms with Crippen LogP contribution in [-0.2, 0) is 21.1 Å². The second kappa shape index (κ2) is 6.54. The molecule has 7 heteroatoms. The van der Waals surface area contributed by atoms with Gasteiger partial charge in [-0.3, -0.25) is 4.90 Å². The van der Waals surface area contributed by atoms with Crippen LogP contribution in [0.1, 0.15) is 12.0 Å². The third-order valence-corrected chi connectivity index (χ3v) is 7.87. The van der Waals surface area contributed by atoms with Crippen LogP contribution in [-0.4, -0.2) is 64.8 Å². The maximum Gasteiger partial charge on any atom is 0.158 e. The van der Waals surface area contributed by atoms with E-state index in [4.69, 9.17) is 14.2 Å². The summed E-state index contributed by atoms with van der Waals surface area (Å²) in [5.41, 5.74) is 1.06. The Kier molecular flexibility index (Phi) is 4.77. The lowest BCUT2D eigenvalue weighted by Crippen LogP contribution is -2.67. The molecule has 0 aromatic heterocycles. The van der Waals surface area contributed by atoms with Crippen molar-refractivity contribution in [2.45, 2.75) is 17.7 Å². The monoisotopic (exact) mass is 355 g/mol. The molecular weight excluding hydrogens is 330 g/mol. The van der Waals surface area contributed by atoms with E-state index in [0.717, 1.165) is 17.1 Å². The van der Waals surface area contributed by atoms with Crippen LogP contribution < -0.4 is 9.47 Å². The number of rotatable bonds is 6. The average Bonchev–Trinajstić information content (AvgIpc) is 2.79. The Hall–Kier alpha value is -1.31. The number of methoxy groups -OCH3 is 3. The van der Waals surface area contributed by atoms with Gasteiger partial charge in [0.05, 0.1) is 26.6 Å². The van der Waals surface area contributed by atoms with E-state index in [-0.39, 0.29) is 11.7 Å². The molecule has 0 saturated carbocycles. The van der Waals surface area contributed by atoms with Crippen LogP contribution in [0.4, 0.5) is 0 Å². The predicted octanol–water partition coefficient (Wildman–Crippen LogP) is 1.34. The van der Waals surface area contributed by atoms with Gasteiger partial charge in [-0.15, -0.1) is 0 Å². The largest absolute Gasteiger partial charge is 0.497 e. The first kappa shape index (κ1) is 17.5. The van der Waals surface area contributed by atoms with Gasteiger partial charge in [-0.2, -0.15) is 0 Å². The van der Waals surface area contributed by atoms with Gasteiger partial charge in [-0.25, -0.2) is 8.42 Å². The number of sulfone groups is 1. The Morgan fingerprint density at radius 2 is 1.75 bits per heavy atom. The number of hydrogen-bond donors (Lipinski definition) is 0. The molecule has 2 heterocycles. The van der Waals surface area contributed by atoms with Gasteiger partial charge in [0, 0.05) is 38.7 Å². The van der Waals surface area contributed by atoms with Crippen molar-refractivity contribution < 1.29 is 22.6 Å². The van der Waals surface area contributed by atoms with Crippen molar-refractivity contribution in [2.75, 3.05) is 46.8 Å². The zero-order valence-electron chi connectivity index (χ0n) is 14.4. The fourth-order valence-electron chi connectivity index (χ4n) is 3.95. The molecule has 1 aromatic carbocycles. The van der Waals surface area contributed by atoms with Crippen LogP contribution >= 0.6 is 0 Å². The fourth-order valence-corrected chi connectivity index (χ4v) is 6.40. The molecule has 0 unspecified atom stereocenters. The van der Waals surface area contributed by atoms with Crippen LogP contribution in [0.15, 0.2) is 18.2 Å². The smallest absolute Gasteiger partial charge is 0.158 e. The number of benzene rings is 1. The van der Waals surface area contributed by atoms with Crippen molar-refractivity contribution in [1.82, 2.24) is 4.90 Å². The number of nitrogens with zero attached hydrogens (tertiary/aromatic N) is 1. The van der Waals surface area contributed by atoms with Gasteiger partial charge in [-0.1, -0.05) is 0 Å². The molecular formula is C17H25NO5S. The van der Waals surface area contributed by atoms with Gasteiger partial charge >= 0.3 is 0 Å². The lowest BCUT2D eigenvalue weighted by atomic mass is 9.83. The quantitative estimate of drug-likeness (QED) is 0.767. The summed E-state index contributed by atoms with van der Waals surface area (Å²) in [7, 11) is 1.84. The molecule has 0 radical (unpaired) electrons. The number of likely N-dealkylation sites (tertiary alicyclic amines) is 1. The highest BCUT2D eigenvalue weighted by molar-refractivity contribution is 7.93. The lowest BCUT2D eigenvalue weighted by molar-refractivity contribution is 0.0411. The van der Waals surface area contributed by atoms with E-state index in [0.29, 0.717) is 32.7 Å². The molecule has 1 spiro atoms. The second-order valence-electron chi connectivity index (χ2n) is 6.69. The van der Waals surface area contributed by atoms with Gasteiger partial charge in [0.25, 0.3) is 0 Å². The molecule has 2 saturated heterocycles. The molecule has 2 aliphatic rings. The van der Waals surface area contributed by atoms with Crippen molar-refractivity contribution in [2.24, 2.45) is 5.92 Å². The van der Waals surface area contributed by atoms with Crippen LogP contribution in [0.25, 0.3) is 0 Å². The summed E-state index contributed by atoms with van der Waals surface area (Å²) in [6.45, 7) is 2.34. The van der Waals surface area contributed by atoms with E-state index < -0.39 is 14.6 Å². The molecule has 2 aliphatic heterocycles. The molecule has 1 atom stereocenters. The topological polar surface area (TPSA) is 65.1 Å². The van der Waals surface area contributed by atoms with Crippen molar-refractivity contribution in [3.8, 4) is 11.5 Å². The van der Waals surface area contributed by atoms with Gasteiger partial charge in [-0.05, 0) is 24.1 Å². The summed E-state index contributed by atoms with van der Waals surface area (Å²) in [4.78, 5) is 2.17. The molecule has 0 N–H and O–H groups in total. The Bertz CT molecular complexity index is 675. The Labute approximate surface area is 143 Å². The Morgan fingerprint density at radius 3 is 2.29 bits per heavy atom. The molecule has 2 fully saturated rings. The van der Waals surface area contributed by atoms with Crippen LogP contribution in [0.5, 0.6) is 11.5 Å². The van der Waals surface area contributed by atoms with Crippen LogP contribution in [0.2, 0.25) is 0 Å². The van der Waals surface area contributed by atoms with E-state index >= 15 is 0 Å². The molecule has 1 aromatic rings. The first-order valence-electron chi connectivity index (χ1n) is 8.09. The zero-order valence-corrected chi connectivity index (χ0v) is 15.3. The summed E-state index contributed by atoms with van der Waals surface area (Å²) in [5.74, 6) is 1.86. The molecule has 0 amide bonds. The summed E-state index contributed by atoms with van der Waals surface area (Å²) >= 11 is 0. The highest BCUT2D eigenvalue weighted by Crippen LogP contribution is 2.45. The van der Waals surface area contributed by atoms with Crippen molar-refractivity contribution >= 4 is 9.84 Å². The maximum atomic E-state index is 12.5. The van der Waals surface area contributed by atoms with Crippen LogP contribution in [0.3, 0.4) is 0 Å². The van der Waals surface area contributed by atoms with Gasteiger partial charge < -0.3 is 14.2 Å². The van der Waals surface area contributed by atoms with E-state index in [2.05, 4.69) is 4.90 Å². The normalized spacial score (nSPS) is 24.7. The number of ether oxygens (including phenoxy) is 3. The summed E-state index contributed by atoms with van der Waals surface area (Å²) in [5, 5.41) is 0. The van der Waals surface area contributed by atoms with E-state index in [9.17, 15) is 8.42 Å². The summed E-state index contributed by atoms with van der Waals surface area (Å²) in [6, 6.07) is 5.75. The Morgan fingerprint density at radius 1 is 1.12 bits per heavy atom. The standard InChI is InChI=1S/C17H25NO5S/c1-21-10-14-4-5-24(19,20)17(14)11-18(12-17)9-13-6-15(22-2)8-16(7-13)23-3/h6-8,14H,4-5,9-12H2,1-3H3/t14-/m1/s1. The fraction of sp³-hybridized carbons (Fsp3) is 0.647.